The van der Waals surface area contributed by atoms with E-state index in [2.05, 4.69) is 11.6 Å². The summed E-state index contributed by atoms with van der Waals surface area (Å²) in [7, 11) is 0. The quantitative estimate of drug-likeness (QED) is 0.689. The SMILES string of the molecule is C=C(Cn1cnc(C)c1C)[B-](F)(F)F. The van der Waals surface area contributed by atoms with E-state index in [-0.39, 0.29) is 6.54 Å². The fraction of sp³-hybridized carbons (Fsp3) is 0.375. The minimum absolute atomic E-state index is 0.226. The van der Waals surface area contributed by atoms with Gasteiger partial charge < -0.3 is 17.5 Å². The topological polar surface area (TPSA) is 17.8 Å². The predicted molar refractivity (Wildman–Crippen MR) is 49.9 cm³/mol. The Morgan fingerprint density at radius 2 is 2.07 bits per heavy atom. The average molecular weight is 203 g/mol. The Labute approximate surface area is 80.5 Å². The second-order valence-corrected chi connectivity index (χ2v) is 3.28. The van der Waals surface area contributed by atoms with Crippen LogP contribution in [-0.4, -0.2) is 16.5 Å². The van der Waals surface area contributed by atoms with Crippen LogP contribution in [0.2, 0.25) is 0 Å². The first-order valence-electron chi connectivity index (χ1n) is 4.18. The molecule has 0 aliphatic rings. The summed E-state index contributed by atoms with van der Waals surface area (Å²) in [5.41, 5.74) is 0.782. The highest BCUT2D eigenvalue weighted by atomic mass is 19.4. The lowest BCUT2D eigenvalue weighted by molar-refractivity contribution is 0.482. The van der Waals surface area contributed by atoms with Crippen molar-refractivity contribution in [2.24, 2.45) is 0 Å². The zero-order valence-corrected chi connectivity index (χ0v) is 8.10. The van der Waals surface area contributed by atoms with Gasteiger partial charge in [-0.2, -0.15) is 0 Å². The zero-order chi connectivity index (χ0) is 10.9. The summed E-state index contributed by atoms with van der Waals surface area (Å²) in [5.74, 6) is 0. The van der Waals surface area contributed by atoms with Gasteiger partial charge in [0.25, 0.3) is 0 Å². The maximum Gasteiger partial charge on any atom is 0.506 e. The largest absolute Gasteiger partial charge is 0.506 e. The molecule has 0 fully saturated rings. The molecule has 2 nitrogen and oxygen atoms in total. The Morgan fingerprint density at radius 3 is 2.43 bits per heavy atom. The Bertz CT molecular complexity index is 354. The van der Waals surface area contributed by atoms with Crippen LogP contribution in [-0.2, 0) is 6.54 Å². The molecule has 1 aromatic heterocycles. The van der Waals surface area contributed by atoms with Gasteiger partial charge >= 0.3 is 6.98 Å². The average Bonchev–Trinajstić information content (AvgIpc) is 2.34. The molecule has 0 radical (unpaired) electrons. The lowest BCUT2D eigenvalue weighted by atomic mass is 9.80. The van der Waals surface area contributed by atoms with E-state index >= 15 is 0 Å². The highest BCUT2D eigenvalue weighted by molar-refractivity contribution is 6.66. The molecule has 0 unspecified atom stereocenters. The molecule has 0 amide bonds. The van der Waals surface area contributed by atoms with E-state index in [1.165, 1.54) is 10.9 Å². The third kappa shape index (κ3) is 2.18. The van der Waals surface area contributed by atoms with Gasteiger partial charge in [0.15, 0.2) is 0 Å². The van der Waals surface area contributed by atoms with Crippen molar-refractivity contribution in [3.05, 3.63) is 29.8 Å². The molecule has 78 valence electrons. The maximum absolute atomic E-state index is 12.2. The van der Waals surface area contributed by atoms with Crippen molar-refractivity contribution in [1.82, 2.24) is 9.55 Å². The van der Waals surface area contributed by atoms with Crippen LogP contribution in [0.15, 0.2) is 18.4 Å². The van der Waals surface area contributed by atoms with Gasteiger partial charge in [0.2, 0.25) is 0 Å². The van der Waals surface area contributed by atoms with Gasteiger partial charge in [0, 0.05) is 12.2 Å². The lowest BCUT2D eigenvalue weighted by Gasteiger charge is -2.18. The van der Waals surface area contributed by atoms with Crippen LogP contribution in [0.3, 0.4) is 0 Å². The Morgan fingerprint density at radius 1 is 1.50 bits per heavy atom. The number of allylic oxidation sites excluding steroid dienone is 1. The van der Waals surface area contributed by atoms with Crippen molar-refractivity contribution < 1.29 is 12.9 Å². The van der Waals surface area contributed by atoms with Gasteiger partial charge in [0.1, 0.15) is 0 Å². The number of imidazole rings is 1. The molecule has 6 heteroatoms. The summed E-state index contributed by atoms with van der Waals surface area (Å²) in [5, 5.41) is 0. The minimum Gasteiger partial charge on any atom is -0.445 e. The number of aryl methyl sites for hydroxylation is 1. The van der Waals surface area contributed by atoms with E-state index in [0.717, 1.165) is 11.4 Å². The van der Waals surface area contributed by atoms with Crippen LogP contribution >= 0.6 is 0 Å². The lowest BCUT2D eigenvalue weighted by Crippen LogP contribution is -2.22. The second kappa shape index (κ2) is 3.51. The molecule has 0 atom stereocenters. The number of hydrogen-bond acceptors (Lipinski definition) is 1. The minimum atomic E-state index is -4.95. The molecule has 1 rings (SSSR count). The van der Waals surface area contributed by atoms with Gasteiger partial charge in [-0.1, -0.05) is 0 Å². The van der Waals surface area contributed by atoms with E-state index in [4.69, 9.17) is 0 Å². The van der Waals surface area contributed by atoms with Crippen molar-refractivity contribution in [2.45, 2.75) is 20.4 Å². The summed E-state index contributed by atoms with van der Waals surface area (Å²) < 4.78 is 38.1. The fourth-order valence-corrected chi connectivity index (χ4v) is 1.03. The van der Waals surface area contributed by atoms with Gasteiger partial charge in [-0.25, -0.2) is 4.98 Å². The first kappa shape index (κ1) is 10.9. The van der Waals surface area contributed by atoms with E-state index in [1.54, 1.807) is 13.8 Å². The van der Waals surface area contributed by atoms with E-state index < -0.39 is 12.4 Å². The van der Waals surface area contributed by atoms with Gasteiger partial charge in [0.05, 0.1) is 12.0 Å². The van der Waals surface area contributed by atoms with Crippen molar-refractivity contribution in [3.63, 3.8) is 0 Å². The molecule has 0 saturated heterocycles. The van der Waals surface area contributed by atoms with Crippen LogP contribution in [0.4, 0.5) is 12.9 Å². The molecule has 0 aliphatic carbocycles. The maximum atomic E-state index is 12.2. The summed E-state index contributed by atoms with van der Waals surface area (Å²) in [6.07, 6.45) is 1.40. The molecule has 1 heterocycles. The third-order valence-electron chi connectivity index (χ3n) is 2.18. The molecular formula is C8H11BF3N2-. The Kier molecular flexibility index (Phi) is 2.73. The van der Waals surface area contributed by atoms with Crippen LogP contribution < -0.4 is 0 Å². The summed E-state index contributed by atoms with van der Waals surface area (Å²) >= 11 is 0. The molecule has 0 saturated carbocycles. The number of hydrogen-bond donors (Lipinski definition) is 0. The van der Waals surface area contributed by atoms with Crippen molar-refractivity contribution >= 4 is 6.98 Å². The normalized spacial score (nSPS) is 11.8. The standard InChI is InChI=1S/C8H11BF3N2/c1-6(9(10,11)12)4-14-5-13-7(2)8(14)3/h5H,1,4H2,2-3H3/q-1. The van der Waals surface area contributed by atoms with E-state index in [0.29, 0.717) is 0 Å². The molecule has 14 heavy (non-hydrogen) atoms. The van der Waals surface area contributed by atoms with E-state index in [1.807, 2.05) is 0 Å². The summed E-state index contributed by atoms with van der Waals surface area (Å²) in [6.45, 7) is 1.35. The van der Waals surface area contributed by atoms with Crippen LogP contribution in [0.1, 0.15) is 11.4 Å². The first-order chi connectivity index (χ1) is 6.32. The van der Waals surface area contributed by atoms with Gasteiger partial charge in [-0.3, -0.25) is 0 Å². The molecule has 0 aliphatic heterocycles. The summed E-state index contributed by atoms with van der Waals surface area (Å²) in [4.78, 5) is 3.91. The number of halogens is 3. The van der Waals surface area contributed by atoms with Crippen LogP contribution in [0.25, 0.3) is 0 Å². The molecule has 0 bridgehead atoms. The molecule has 0 N–H and O–H groups in total. The molecule has 0 spiro atoms. The first-order valence-corrected chi connectivity index (χ1v) is 4.18. The smallest absolute Gasteiger partial charge is 0.445 e. The molecule has 1 aromatic rings. The Hall–Kier alpha value is -1.20. The predicted octanol–water partition coefficient (Wildman–Crippen LogP) is 2.44. The van der Waals surface area contributed by atoms with Crippen molar-refractivity contribution in [3.8, 4) is 0 Å². The van der Waals surface area contributed by atoms with Crippen LogP contribution in [0, 0.1) is 13.8 Å². The number of nitrogens with zero attached hydrogens (tertiary/aromatic N) is 2. The fourth-order valence-electron chi connectivity index (χ4n) is 1.03. The third-order valence-corrected chi connectivity index (χ3v) is 2.18. The Balaban J connectivity index is 2.80. The van der Waals surface area contributed by atoms with Gasteiger partial charge in [-0.15, -0.1) is 12.1 Å². The zero-order valence-electron chi connectivity index (χ0n) is 8.10. The number of aromatic nitrogens is 2. The van der Waals surface area contributed by atoms with Gasteiger partial charge in [-0.05, 0) is 13.8 Å². The summed E-state index contributed by atoms with van der Waals surface area (Å²) in [6, 6.07) is 0. The monoisotopic (exact) mass is 203 g/mol. The highest BCUT2D eigenvalue weighted by Gasteiger charge is 2.26. The van der Waals surface area contributed by atoms with E-state index in [9.17, 15) is 12.9 Å². The number of rotatable bonds is 3. The van der Waals surface area contributed by atoms with Crippen molar-refractivity contribution in [2.75, 3.05) is 0 Å². The highest BCUT2D eigenvalue weighted by Crippen LogP contribution is 2.20. The van der Waals surface area contributed by atoms with Crippen LogP contribution in [0.5, 0.6) is 0 Å². The molecular weight excluding hydrogens is 192 g/mol. The second-order valence-electron chi connectivity index (χ2n) is 3.28. The molecule has 0 aromatic carbocycles. The van der Waals surface area contributed by atoms with Crippen molar-refractivity contribution in [1.29, 1.82) is 0 Å².